The van der Waals surface area contributed by atoms with Gasteiger partial charge in [-0.05, 0) is 60.5 Å². The molecule has 0 saturated heterocycles. The lowest BCUT2D eigenvalue weighted by molar-refractivity contribution is -0.128. The summed E-state index contributed by atoms with van der Waals surface area (Å²) in [5.74, 6) is 0.0264. The summed E-state index contributed by atoms with van der Waals surface area (Å²) in [5, 5.41) is 12.0. The van der Waals surface area contributed by atoms with Crippen LogP contribution in [-0.4, -0.2) is 29.1 Å². The SMILES string of the molecule is CC(C)(C)C(=O)NCCc1cc(Cl)ccc1NC(=S)NCCc1c[nH]c2ccccc12. The number of nitrogens with one attached hydrogen (secondary N) is 4. The average molecular weight is 457 g/mol. The van der Waals surface area contributed by atoms with Gasteiger partial charge in [-0.3, -0.25) is 4.79 Å². The summed E-state index contributed by atoms with van der Waals surface area (Å²) in [5.41, 5.74) is 3.88. The molecule has 2 aromatic carbocycles. The van der Waals surface area contributed by atoms with E-state index in [-0.39, 0.29) is 5.91 Å². The maximum Gasteiger partial charge on any atom is 0.225 e. The van der Waals surface area contributed by atoms with E-state index < -0.39 is 5.41 Å². The Hall–Kier alpha value is -2.57. The second kappa shape index (κ2) is 10.2. The second-order valence-electron chi connectivity index (χ2n) is 8.55. The van der Waals surface area contributed by atoms with Crippen LogP contribution >= 0.6 is 23.8 Å². The van der Waals surface area contributed by atoms with Crippen molar-refractivity contribution in [2.45, 2.75) is 33.6 Å². The number of carbonyl (C=O) groups excluding carboxylic acids is 1. The van der Waals surface area contributed by atoms with Gasteiger partial charge in [0.25, 0.3) is 0 Å². The average Bonchev–Trinajstić information content (AvgIpc) is 3.12. The molecule has 0 aliphatic heterocycles. The molecule has 31 heavy (non-hydrogen) atoms. The van der Waals surface area contributed by atoms with E-state index in [1.54, 1.807) is 0 Å². The van der Waals surface area contributed by atoms with Crippen molar-refractivity contribution in [1.82, 2.24) is 15.6 Å². The first-order chi connectivity index (χ1) is 14.7. The zero-order valence-corrected chi connectivity index (χ0v) is 19.7. The molecule has 0 aliphatic rings. The fourth-order valence-electron chi connectivity index (χ4n) is 3.28. The molecule has 0 saturated carbocycles. The molecule has 0 aliphatic carbocycles. The van der Waals surface area contributed by atoms with Gasteiger partial charge in [-0.25, -0.2) is 0 Å². The summed E-state index contributed by atoms with van der Waals surface area (Å²) in [6.45, 7) is 6.95. The van der Waals surface area contributed by atoms with Crippen molar-refractivity contribution in [3.63, 3.8) is 0 Å². The number of rotatable bonds is 7. The van der Waals surface area contributed by atoms with Crippen molar-refractivity contribution in [1.29, 1.82) is 0 Å². The van der Waals surface area contributed by atoms with E-state index in [1.807, 2.05) is 57.3 Å². The number of H-pyrrole nitrogens is 1. The molecule has 7 heteroatoms. The highest BCUT2D eigenvalue weighted by Gasteiger charge is 2.20. The van der Waals surface area contributed by atoms with Gasteiger partial charge in [0.15, 0.2) is 5.11 Å². The van der Waals surface area contributed by atoms with Gasteiger partial charge in [0.1, 0.15) is 0 Å². The summed E-state index contributed by atoms with van der Waals surface area (Å²) in [6.07, 6.45) is 3.56. The van der Waals surface area contributed by atoms with Gasteiger partial charge in [-0.2, -0.15) is 0 Å². The third kappa shape index (κ3) is 6.45. The molecule has 0 fully saturated rings. The molecule has 3 aromatic rings. The maximum absolute atomic E-state index is 12.1. The van der Waals surface area contributed by atoms with E-state index in [1.165, 1.54) is 10.9 Å². The number of benzene rings is 2. The number of para-hydroxylation sites is 1. The van der Waals surface area contributed by atoms with Crippen LogP contribution in [0.1, 0.15) is 31.9 Å². The Kier molecular flexibility index (Phi) is 7.57. The predicted octanol–water partition coefficient (Wildman–Crippen LogP) is 5.06. The van der Waals surface area contributed by atoms with E-state index in [0.29, 0.717) is 23.1 Å². The van der Waals surface area contributed by atoms with Crippen molar-refractivity contribution in [2.75, 3.05) is 18.4 Å². The van der Waals surface area contributed by atoms with E-state index in [9.17, 15) is 4.79 Å². The lowest BCUT2D eigenvalue weighted by Gasteiger charge is -2.18. The number of hydrogen-bond acceptors (Lipinski definition) is 2. The molecule has 4 N–H and O–H groups in total. The largest absolute Gasteiger partial charge is 0.362 e. The number of carbonyl (C=O) groups is 1. The number of aromatic amines is 1. The van der Waals surface area contributed by atoms with Crippen molar-refractivity contribution >= 4 is 51.4 Å². The van der Waals surface area contributed by atoms with Gasteiger partial charge >= 0.3 is 0 Å². The first-order valence-corrected chi connectivity index (χ1v) is 11.2. The number of halogens is 1. The molecule has 164 valence electrons. The second-order valence-corrected chi connectivity index (χ2v) is 9.39. The van der Waals surface area contributed by atoms with Gasteiger partial charge in [-0.1, -0.05) is 50.6 Å². The smallest absolute Gasteiger partial charge is 0.225 e. The highest BCUT2D eigenvalue weighted by atomic mass is 35.5. The standard InChI is InChI=1S/C24H29ClN4OS/c1-24(2,3)22(30)26-12-10-16-14-18(25)8-9-20(16)29-23(31)27-13-11-17-15-28-21-7-5-4-6-19(17)21/h4-9,14-15,28H,10-13H2,1-3H3,(H,26,30)(H2,27,29,31). The Morgan fingerprint density at radius 1 is 1.03 bits per heavy atom. The summed E-state index contributed by atoms with van der Waals surface area (Å²) >= 11 is 11.7. The quantitative estimate of drug-likeness (QED) is 0.375. The molecular formula is C24H29ClN4OS. The Labute approximate surface area is 194 Å². The molecule has 1 amide bonds. The van der Waals surface area contributed by atoms with E-state index >= 15 is 0 Å². The summed E-state index contributed by atoms with van der Waals surface area (Å²) in [7, 11) is 0. The van der Waals surface area contributed by atoms with Crippen molar-refractivity contribution in [2.24, 2.45) is 5.41 Å². The number of fused-ring (bicyclic) bond motifs is 1. The molecule has 1 heterocycles. The topological polar surface area (TPSA) is 69.0 Å². The van der Waals surface area contributed by atoms with Gasteiger partial charge in [0, 0.05) is 46.3 Å². The van der Waals surface area contributed by atoms with Crippen molar-refractivity contribution in [3.8, 4) is 0 Å². The van der Waals surface area contributed by atoms with Crippen LogP contribution < -0.4 is 16.0 Å². The normalized spacial score (nSPS) is 11.4. The lowest BCUT2D eigenvalue weighted by atomic mass is 9.95. The van der Waals surface area contributed by atoms with Crippen LogP contribution in [0.2, 0.25) is 5.02 Å². The molecular weight excluding hydrogens is 428 g/mol. The third-order valence-electron chi connectivity index (χ3n) is 5.03. The molecule has 1 aromatic heterocycles. The van der Waals surface area contributed by atoms with Crippen LogP contribution in [0.25, 0.3) is 10.9 Å². The zero-order chi connectivity index (χ0) is 22.4. The molecule has 0 spiro atoms. The minimum absolute atomic E-state index is 0.0264. The molecule has 0 atom stereocenters. The molecule has 0 bridgehead atoms. The van der Waals surface area contributed by atoms with E-state index in [2.05, 4.69) is 33.1 Å². The minimum atomic E-state index is -0.411. The third-order valence-corrected chi connectivity index (χ3v) is 5.51. The Morgan fingerprint density at radius 2 is 1.74 bits per heavy atom. The highest BCUT2D eigenvalue weighted by molar-refractivity contribution is 7.80. The molecule has 5 nitrogen and oxygen atoms in total. The zero-order valence-electron chi connectivity index (χ0n) is 18.1. The molecule has 0 unspecified atom stereocenters. The van der Waals surface area contributed by atoms with Gasteiger partial charge in [0.2, 0.25) is 5.91 Å². The van der Waals surface area contributed by atoms with Crippen molar-refractivity contribution < 1.29 is 4.79 Å². The van der Waals surface area contributed by atoms with Gasteiger partial charge in [-0.15, -0.1) is 0 Å². The maximum atomic E-state index is 12.1. The summed E-state index contributed by atoms with van der Waals surface area (Å²) in [4.78, 5) is 15.4. The van der Waals surface area contributed by atoms with Crippen LogP contribution in [0.5, 0.6) is 0 Å². The van der Waals surface area contributed by atoms with Crippen LogP contribution in [0.4, 0.5) is 5.69 Å². The van der Waals surface area contributed by atoms with E-state index in [4.69, 9.17) is 23.8 Å². The number of amides is 1. The summed E-state index contributed by atoms with van der Waals surface area (Å²) in [6, 6.07) is 13.9. The van der Waals surface area contributed by atoms with E-state index in [0.717, 1.165) is 29.7 Å². The lowest BCUT2D eigenvalue weighted by Crippen LogP contribution is -2.36. The van der Waals surface area contributed by atoms with Crippen LogP contribution in [0.15, 0.2) is 48.7 Å². The van der Waals surface area contributed by atoms with Gasteiger partial charge < -0.3 is 20.9 Å². The van der Waals surface area contributed by atoms with Crippen LogP contribution in [0.3, 0.4) is 0 Å². The Balaban J connectivity index is 1.53. The number of anilines is 1. The minimum Gasteiger partial charge on any atom is -0.362 e. The van der Waals surface area contributed by atoms with Crippen molar-refractivity contribution in [3.05, 3.63) is 64.8 Å². The first-order valence-electron chi connectivity index (χ1n) is 10.4. The highest BCUT2D eigenvalue weighted by Crippen LogP contribution is 2.22. The predicted molar refractivity (Wildman–Crippen MR) is 134 cm³/mol. The fraction of sp³-hybridized carbons (Fsp3) is 0.333. The first kappa shape index (κ1) is 23.1. The van der Waals surface area contributed by atoms with Crippen LogP contribution in [0, 0.1) is 5.41 Å². The molecule has 0 radical (unpaired) electrons. The monoisotopic (exact) mass is 456 g/mol. The number of thiocarbonyl (C=S) groups is 1. The van der Waals surface area contributed by atoms with Gasteiger partial charge in [0.05, 0.1) is 0 Å². The number of aromatic nitrogens is 1. The van der Waals surface area contributed by atoms with Crippen LogP contribution in [-0.2, 0) is 17.6 Å². The Morgan fingerprint density at radius 3 is 2.52 bits per heavy atom. The number of hydrogen-bond donors (Lipinski definition) is 4. The Bertz CT molecular complexity index is 1070. The molecule has 3 rings (SSSR count). The fourth-order valence-corrected chi connectivity index (χ4v) is 3.69. The summed E-state index contributed by atoms with van der Waals surface area (Å²) < 4.78 is 0.